The maximum absolute atomic E-state index is 12.2. The minimum Gasteiger partial charge on any atom is -0.497 e. The molecule has 34 heavy (non-hydrogen) atoms. The van der Waals surface area contributed by atoms with E-state index in [2.05, 4.69) is 34.6 Å². The van der Waals surface area contributed by atoms with E-state index in [0.717, 1.165) is 45.0 Å². The third-order valence-corrected chi connectivity index (χ3v) is 6.82. The van der Waals surface area contributed by atoms with Crippen molar-refractivity contribution in [3.8, 4) is 11.5 Å². The normalized spacial score (nSPS) is 21.0. The highest BCUT2D eigenvalue weighted by atomic mass is 16.7. The highest BCUT2D eigenvalue weighted by molar-refractivity contribution is 5.97. The van der Waals surface area contributed by atoms with Crippen LogP contribution in [-0.2, 0) is 21.7 Å². The molecule has 8 heteroatoms. The molecule has 0 aromatic heterocycles. The lowest BCUT2D eigenvalue weighted by molar-refractivity contribution is -0.136. The summed E-state index contributed by atoms with van der Waals surface area (Å²) in [6.07, 6.45) is 3.88. The molecule has 2 aromatic rings. The molecule has 0 radical (unpaired) electrons. The molecule has 2 aliphatic rings. The summed E-state index contributed by atoms with van der Waals surface area (Å²) >= 11 is 0. The molecule has 1 fully saturated rings. The van der Waals surface area contributed by atoms with Gasteiger partial charge in [0.25, 0.3) is 0 Å². The Morgan fingerprint density at radius 3 is 2.56 bits per heavy atom. The van der Waals surface area contributed by atoms with Crippen LogP contribution in [0.1, 0.15) is 36.8 Å². The molecule has 1 atom stereocenters. The molecule has 2 heterocycles. The number of likely N-dealkylation sites (tertiary alicyclic amines) is 1. The Morgan fingerprint density at radius 1 is 1.18 bits per heavy atom. The molecule has 0 saturated carbocycles. The average molecular weight is 467 g/mol. The molecule has 0 spiro atoms. The summed E-state index contributed by atoms with van der Waals surface area (Å²) in [6, 6.07) is 15.5. The third-order valence-electron chi connectivity index (χ3n) is 6.82. The van der Waals surface area contributed by atoms with E-state index in [1.54, 1.807) is 18.2 Å². The van der Waals surface area contributed by atoms with Gasteiger partial charge in [-0.1, -0.05) is 30.3 Å². The molecular weight excluding hydrogens is 436 g/mol. The van der Waals surface area contributed by atoms with Gasteiger partial charge < -0.3 is 19.8 Å². The van der Waals surface area contributed by atoms with E-state index in [4.69, 9.17) is 9.57 Å². The largest absolute Gasteiger partial charge is 0.497 e. The second-order valence-electron chi connectivity index (χ2n) is 8.92. The molecule has 180 valence electrons. The van der Waals surface area contributed by atoms with Crippen LogP contribution < -0.4 is 15.1 Å². The van der Waals surface area contributed by atoms with Crippen molar-refractivity contribution in [1.82, 2.24) is 10.4 Å². The van der Waals surface area contributed by atoms with Crippen molar-refractivity contribution in [2.24, 2.45) is 5.92 Å². The third kappa shape index (κ3) is 5.08. The number of aliphatic carboxylic acids is 2. The molecule has 0 bridgehead atoms. The molecule has 1 unspecified atom stereocenters. The fourth-order valence-electron chi connectivity index (χ4n) is 4.96. The van der Waals surface area contributed by atoms with Crippen LogP contribution >= 0.6 is 0 Å². The van der Waals surface area contributed by atoms with Crippen LogP contribution in [0, 0.1) is 5.92 Å². The first-order valence-corrected chi connectivity index (χ1v) is 11.5. The predicted molar refractivity (Wildman–Crippen MR) is 125 cm³/mol. The SMILES string of the molecule is COc1ccc2c(c1)C(CCC1CCN(Cc3ccccc3)CC1)(C(=CC(=O)O)C(=O)O)NO2. The zero-order valence-electron chi connectivity index (χ0n) is 19.2. The van der Waals surface area contributed by atoms with Crippen LogP contribution in [0.15, 0.2) is 60.2 Å². The summed E-state index contributed by atoms with van der Waals surface area (Å²) < 4.78 is 5.34. The van der Waals surface area contributed by atoms with Crippen LogP contribution in [-0.4, -0.2) is 47.3 Å². The zero-order chi connectivity index (χ0) is 24.1. The van der Waals surface area contributed by atoms with Crippen molar-refractivity contribution in [2.45, 2.75) is 37.8 Å². The van der Waals surface area contributed by atoms with E-state index in [0.29, 0.717) is 29.4 Å². The van der Waals surface area contributed by atoms with Crippen molar-refractivity contribution >= 4 is 11.9 Å². The standard InChI is InChI=1S/C26H30N2O6/c1-33-20-7-8-23-21(15-20)26(27-34-23,22(25(31)32)16-24(29)30)12-9-18-10-13-28(14-11-18)17-19-5-3-2-4-6-19/h2-8,15-16,18,27H,9-14,17H2,1H3,(H,29,30)(H,31,32). The molecule has 1 saturated heterocycles. The van der Waals surface area contributed by atoms with Gasteiger partial charge in [-0.3, -0.25) is 4.90 Å². The number of carboxylic acids is 2. The van der Waals surface area contributed by atoms with Crippen LogP contribution in [0.25, 0.3) is 0 Å². The Labute approximate surface area is 198 Å². The van der Waals surface area contributed by atoms with Gasteiger partial charge in [-0.05, 0) is 68.5 Å². The Morgan fingerprint density at radius 2 is 1.91 bits per heavy atom. The minimum absolute atomic E-state index is 0.256. The highest BCUT2D eigenvalue weighted by Gasteiger charge is 2.47. The number of carbonyl (C=O) groups is 2. The molecule has 2 aliphatic heterocycles. The van der Waals surface area contributed by atoms with Crippen LogP contribution in [0.5, 0.6) is 11.5 Å². The number of fused-ring (bicyclic) bond motifs is 1. The number of carboxylic acid groups (broad SMARTS) is 2. The minimum atomic E-state index is -1.32. The van der Waals surface area contributed by atoms with Gasteiger partial charge in [0, 0.05) is 18.2 Å². The summed E-state index contributed by atoms with van der Waals surface area (Å²) in [4.78, 5) is 31.8. The topological polar surface area (TPSA) is 108 Å². The number of methoxy groups -OCH3 is 1. The maximum atomic E-state index is 12.2. The fraction of sp³-hybridized carbons (Fsp3) is 0.385. The Kier molecular flexibility index (Phi) is 7.19. The number of nitrogens with zero attached hydrogens (tertiary/aromatic N) is 1. The van der Waals surface area contributed by atoms with E-state index in [-0.39, 0.29) is 5.57 Å². The van der Waals surface area contributed by atoms with Gasteiger partial charge in [-0.2, -0.15) is 0 Å². The van der Waals surface area contributed by atoms with Crippen molar-refractivity contribution in [1.29, 1.82) is 0 Å². The Balaban J connectivity index is 1.51. The highest BCUT2D eigenvalue weighted by Crippen LogP contribution is 2.46. The number of hydrogen-bond acceptors (Lipinski definition) is 6. The lowest BCUT2D eigenvalue weighted by Gasteiger charge is -2.35. The number of rotatable bonds is 9. The molecular formula is C26H30N2O6. The van der Waals surface area contributed by atoms with E-state index in [1.807, 2.05) is 6.07 Å². The van der Waals surface area contributed by atoms with Crippen LogP contribution in [0.3, 0.4) is 0 Å². The van der Waals surface area contributed by atoms with Gasteiger partial charge in [0.05, 0.1) is 12.7 Å². The van der Waals surface area contributed by atoms with E-state index >= 15 is 0 Å². The molecule has 8 nitrogen and oxygen atoms in total. The first kappa shape index (κ1) is 23.8. The van der Waals surface area contributed by atoms with Crippen molar-refractivity contribution < 1.29 is 29.4 Å². The first-order chi connectivity index (χ1) is 16.4. The second kappa shape index (κ2) is 10.3. The van der Waals surface area contributed by atoms with Gasteiger partial charge >= 0.3 is 11.9 Å². The quantitative estimate of drug-likeness (QED) is 0.482. The molecule has 2 aromatic carbocycles. The van der Waals surface area contributed by atoms with Gasteiger partial charge in [-0.25, -0.2) is 9.59 Å². The lowest BCUT2D eigenvalue weighted by atomic mass is 9.76. The summed E-state index contributed by atoms with van der Waals surface area (Å²) in [6.45, 7) is 2.86. The average Bonchev–Trinajstić information content (AvgIpc) is 3.21. The summed E-state index contributed by atoms with van der Waals surface area (Å²) in [5.41, 5.74) is 3.20. The number of hydrogen-bond donors (Lipinski definition) is 3. The van der Waals surface area contributed by atoms with E-state index < -0.39 is 17.5 Å². The lowest BCUT2D eigenvalue weighted by Crippen LogP contribution is -2.44. The second-order valence-corrected chi connectivity index (χ2v) is 8.92. The zero-order valence-corrected chi connectivity index (χ0v) is 19.2. The smallest absolute Gasteiger partial charge is 0.334 e. The summed E-state index contributed by atoms with van der Waals surface area (Å²) in [7, 11) is 1.53. The number of piperidine rings is 1. The van der Waals surface area contributed by atoms with Crippen LogP contribution in [0.4, 0.5) is 0 Å². The predicted octanol–water partition coefficient (Wildman–Crippen LogP) is 3.58. The van der Waals surface area contributed by atoms with Gasteiger partial charge in [0.2, 0.25) is 0 Å². The van der Waals surface area contributed by atoms with E-state index in [9.17, 15) is 19.8 Å². The summed E-state index contributed by atoms with van der Waals surface area (Å²) in [5.74, 6) is -1.20. The fourth-order valence-corrected chi connectivity index (χ4v) is 4.96. The van der Waals surface area contributed by atoms with Gasteiger partial charge in [0.1, 0.15) is 11.3 Å². The monoisotopic (exact) mass is 466 g/mol. The molecule has 3 N–H and O–H groups in total. The number of hydroxylamine groups is 1. The number of ether oxygens (including phenoxy) is 1. The first-order valence-electron chi connectivity index (χ1n) is 11.5. The van der Waals surface area contributed by atoms with Crippen molar-refractivity contribution in [2.75, 3.05) is 20.2 Å². The molecule has 4 rings (SSSR count). The van der Waals surface area contributed by atoms with Gasteiger partial charge in [-0.15, -0.1) is 5.48 Å². The maximum Gasteiger partial charge on any atom is 0.334 e. The number of nitrogens with one attached hydrogen (secondary N) is 1. The summed E-state index contributed by atoms with van der Waals surface area (Å²) in [5, 5.41) is 19.3. The Hall–Kier alpha value is -3.36. The van der Waals surface area contributed by atoms with Crippen molar-refractivity contribution in [3.05, 3.63) is 71.3 Å². The molecule has 0 aliphatic carbocycles. The van der Waals surface area contributed by atoms with Gasteiger partial charge in [0.15, 0.2) is 5.75 Å². The van der Waals surface area contributed by atoms with Crippen LogP contribution in [0.2, 0.25) is 0 Å². The van der Waals surface area contributed by atoms with E-state index in [1.165, 1.54) is 12.7 Å². The Bertz CT molecular complexity index is 1060. The van der Waals surface area contributed by atoms with Crippen molar-refractivity contribution in [3.63, 3.8) is 0 Å². The number of benzene rings is 2. The molecule has 0 amide bonds.